The Labute approximate surface area is 203 Å². The number of aliphatic hydroxyl groups is 1. The zero-order valence-electron chi connectivity index (χ0n) is 18.3. The number of hydrazone groups is 1. The Hall–Kier alpha value is -2.23. The molecule has 9 heteroatoms. The molecule has 3 N–H and O–H groups in total. The van der Waals surface area contributed by atoms with Crippen LogP contribution >= 0.6 is 31.9 Å². The molecule has 1 atom stereocenters. The van der Waals surface area contributed by atoms with Crippen molar-refractivity contribution in [3.63, 3.8) is 0 Å². The minimum absolute atomic E-state index is 0.0507. The van der Waals surface area contributed by atoms with E-state index >= 15 is 0 Å². The molecule has 170 valence electrons. The second-order valence-electron chi connectivity index (χ2n) is 8.09. The lowest BCUT2D eigenvalue weighted by atomic mass is 9.90. The minimum Gasteiger partial charge on any atom is -0.482 e. The average Bonchev–Trinajstić information content (AvgIpc) is 2.97. The van der Waals surface area contributed by atoms with E-state index in [0.29, 0.717) is 22.7 Å². The summed E-state index contributed by atoms with van der Waals surface area (Å²) in [6.45, 7) is 7.44. The summed E-state index contributed by atoms with van der Waals surface area (Å²) in [4.78, 5) is 24.7. The third-order valence-electron chi connectivity index (χ3n) is 5.20. The van der Waals surface area contributed by atoms with Crippen molar-refractivity contribution in [1.29, 1.82) is 0 Å². The summed E-state index contributed by atoms with van der Waals surface area (Å²) in [5.41, 5.74) is 4.11. The highest BCUT2D eigenvalue weighted by Crippen LogP contribution is 2.41. The first-order chi connectivity index (χ1) is 15.0. The van der Waals surface area contributed by atoms with Crippen molar-refractivity contribution in [2.24, 2.45) is 5.10 Å². The van der Waals surface area contributed by atoms with E-state index in [9.17, 15) is 14.7 Å². The van der Waals surface area contributed by atoms with Crippen LogP contribution in [0, 0.1) is 6.92 Å². The van der Waals surface area contributed by atoms with Gasteiger partial charge in [-0.05, 0) is 53.4 Å². The van der Waals surface area contributed by atoms with Crippen LogP contribution in [0.1, 0.15) is 49.8 Å². The Kier molecular flexibility index (Phi) is 7.42. The number of amides is 2. The lowest BCUT2D eigenvalue weighted by Crippen LogP contribution is -2.36. The molecule has 0 aliphatic carbocycles. The fourth-order valence-electron chi connectivity index (χ4n) is 3.63. The maximum atomic E-state index is 12.4. The van der Waals surface area contributed by atoms with E-state index in [0.717, 1.165) is 20.1 Å². The van der Waals surface area contributed by atoms with E-state index in [1.54, 1.807) is 31.2 Å². The highest BCUT2D eigenvalue weighted by molar-refractivity contribution is 9.11. The van der Waals surface area contributed by atoms with Gasteiger partial charge in [0.15, 0.2) is 12.2 Å². The molecule has 0 spiro atoms. The number of nitrogens with zero attached hydrogens (tertiary/aromatic N) is 1. The molecule has 0 unspecified atom stereocenters. The SMILES string of the molecule is C/C(C[C@]1(O)C(=O)Nc2ccccc21)=N/NC(=O)COc1c(Br)c(C)cc(Br)c1C(C)C. The van der Waals surface area contributed by atoms with Crippen LogP contribution in [0.5, 0.6) is 5.75 Å². The van der Waals surface area contributed by atoms with Crippen molar-refractivity contribution in [3.8, 4) is 5.75 Å². The molecule has 1 aliphatic heterocycles. The van der Waals surface area contributed by atoms with Crippen LogP contribution < -0.4 is 15.5 Å². The molecule has 2 amide bonds. The van der Waals surface area contributed by atoms with Gasteiger partial charge in [-0.2, -0.15) is 5.10 Å². The second kappa shape index (κ2) is 9.72. The standard InChI is InChI=1S/C23H25Br2N3O4/c1-12(2)19-16(24)9-13(3)20(25)21(19)32-11-18(29)28-27-14(4)10-23(31)15-7-5-6-8-17(15)26-22(23)30/h5-9,12,31H,10-11H2,1-4H3,(H,26,30)(H,28,29)/b27-14-/t23-/m1/s1. The number of carbonyl (C=O) groups is 2. The first-order valence-electron chi connectivity index (χ1n) is 10.1. The quantitative estimate of drug-likeness (QED) is 0.333. The van der Waals surface area contributed by atoms with Crippen molar-refractivity contribution in [1.82, 2.24) is 5.43 Å². The Morgan fingerprint density at radius 2 is 2.00 bits per heavy atom. The number of benzene rings is 2. The van der Waals surface area contributed by atoms with Gasteiger partial charge in [0.1, 0.15) is 5.75 Å². The van der Waals surface area contributed by atoms with Gasteiger partial charge in [0, 0.05) is 33.4 Å². The number of carbonyl (C=O) groups excluding carboxylic acids is 2. The van der Waals surface area contributed by atoms with Crippen LogP contribution in [0.2, 0.25) is 0 Å². The van der Waals surface area contributed by atoms with Gasteiger partial charge in [-0.25, -0.2) is 5.43 Å². The van der Waals surface area contributed by atoms with Crippen molar-refractivity contribution in [2.75, 3.05) is 11.9 Å². The second-order valence-corrected chi connectivity index (χ2v) is 9.74. The average molecular weight is 567 g/mol. The number of nitrogens with one attached hydrogen (secondary N) is 2. The molecule has 2 aromatic carbocycles. The highest BCUT2D eigenvalue weighted by Gasteiger charge is 2.45. The summed E-state index contributed by atoms with van der Waals surface area (Å²) < 4.78 is 7.54. The van der Waals surface area contributed by atoms with Crippen molar-refractivity contribution in [3.05, 3.63) is 56.0 Å². The number of anilines is 1. The number of fused-ring (bicyclic) bond motifs is 1. The number of aryl methyl sites for hydroxylation is 1. The van der Waals surface area contributed by atoms with Crippen LogP contribution in [0.4, 0.5) is 5.69 Å². The van der Waals surface area contributed by atoms with E-state index in [-0.39, 0.29) is 18.9 Å². The lowest BCUT2D eigenvalue weighted by Gasteiger charge is -2.20. The molecule has 1 aliphatic rings. The van der Waals surface area contributed by atoms with Crippen molar-refractivity contribution >= 4 is 55.1 Å². The van der Waals surface area contributed by atoms with Crippen molar-refractivity contribution < 1.29 is 19.4 Å². The van der Waals surface area contributed by atoms with Gasteiger partial charge < -0.3 is 15.2 Å². The van der Waals surface area contributed by atoms with Gasteiger partial charge in [-0.15, -0.1) is 0 Å². The van der Waals surface area contributed by atoms with Crippen LogP contribution in [0.15, 0.2) is 44.4 Å². The minimum atomic E-state index is -1.73. The molecule has 0 saturated heterocycles. The number of halogens is 2. The van der Waals surface area contributed by atoms with Crippen LogP contribution in [-0.2, 0) is 15.2 Å². The first-order valence-corrected chi connectivity index (χ1v) is 11.7. The molecule has 7 nitrogen and oxygen atoms in total. The van der Waals surface area contributed by atoms with E-state index in [2.05, 4.69) is 47.7 Å². The van der Waals surface area contributed by atoms with E-state index in [1.807, 2.05) is 26.8 Å². The third-order valence-corrected chi connectivity index (χ3v) is 6.84. The Balaban J connectivity index is 1.66. The molecule has 0 aromatic heterocycles. The number of rotatable bonds is 7. The van der Waals surface area contributed by atoms with Crippen LogP contribution in [0.3, 0.4) is 0 Å². The number of para-hydroxylation sites is 1. The fraction of sp³-hybridized carbons (Fsp3) is 0.348. The summed E-state index contributed by atoms with van der Waals surface area (Å²) >= 11 is 7.12. The predicted octanol–water partition coefficient (Wildman–Crippen LogP) is 4.74. The van der Waals surface area contributed by atoms with Gasteiger partial charge >= 0.3 is 0 Å². The monoisotopic (exact) mass is 565 g/mol. The normalized spacial score (nSPS) is 17.9. The molecule has 2 aromatic rings. The maximum absolute atomic E-state index is 12.4. The number of ether oxygens (including phenoxy) is 1. The molecule has 1 heterocycles. The van der Waals surface area contributed by atoms with Crippen molar-refractivity contribution in [2.45, 2.75) is 45.6 Å². The van der Waals surface area contributed by atoms with E-state index in [1.165, 1.54) is 0 Å². The molecular weight excluding hydrogens is 542 g/mol. The predicted molar refractivity (Wildman–Crippen MR) is 131 cm³/mol. The number of hydrogen-bond acceptors (Lipinski definition) is 5. The summed E-state index contributed by atoms with van der Waals surface area (Å²) in [5.74, 6) is -0.178. The zero-order valence-corrected chi connectivity index (χ0v) is 21.4. The Bertz CT molecular complexity index is 1100. The topological polar surface area (TPSA) is 100 Å². The molecular formula is C23H25Br2N3O4. The number of hydrogen-bond donors (Lipinski definition) is 3. The molecule has 0 fully saturated rings. The van der Waals surface area contributed by atoms with Crippen LogP contribution in [0.25, 0.3) is 0 Å². The van der Waals surface area contributed by atoms with Gasteiger partial charge in [0.25, 0.3) is 11.8 Å². The van der Waals surface area contributed by atoms with Crippen LogP contribution in [-0.4, -0.2) is 29.2 Å². The Morgan fingerprint density at radius 1 is 1.31 bits per heavy atom. The summed E-state index contributed by atoms with van der Waals surface area (Å²) in [6, 6.07) is 8.95. The first kappa shape index (κ1) is 24.4. The largest absolute Gasteiger partial charge is 0.482 e. The molecule has 0 saturated carbocycles. The van der Waals surface area contributed by atoms with E-state index in [4.69, 9.17) is 4.74 Å². The van der Waals surface area contributed by atoms with Gasteiger partial charge in [0.05, 0.1) is 4.47 Å². The smallest absolute Gasteiger partial charge is 0.277 e. The van der Waals surface area contributed by atoms with Gasteiger partial charge in [0.2, 0.25) is 0 Å². The fourth-order valence-corrected chi connectivity index (χ4v) is 5.05. The molecule has 0 radical (unpaired) electrons. The third kappa shape index (κ3) is 4.89. The van der Waals surface area contributed by atoms with Gasteiger partial charge in [-0.1, -0.05) is 48.0 Å². The van der Waals surface area contributed by atoms with Gasteiger partial charge in [-0.3, -0.25) is 9.59 Å². The lowest BCUT2D eigenvalue weighted by molar-refractivity contribution is -0.132. The molecule has 0 bridgehead atoms. The summed E-state index contributed by atoms with van der Waals surface area (Å²) in [7, 11) is 0. The zero-order chi connectivity index (χ0) is 23.6. The maximum Gasteiger partial charge on any atom is 0.277 e. The molecule has 3 rings (SSSR count). The Morgan fingerprint density at radius 3 is 2.69 bits per heavy atom. The summed E-state index contributed by atoms with van der Waals surface area (Å²) in [5, 5.41) is 17.6. The summed E-state index contributed by atoms with van der Waals surface area (Å²) in [6.07, 6.45) is -0.0507. The molecule has 32 heavy (non-hydrogen) atoms. The van der Waals surface area contributed by atoms with E-state index < -0.39 is 17.4 Å². The highest BCUT2D eigenvalue weighted by atomic mass is 79.9.